The second kappa shape index (κ2) is 13.8. The van der Waals surface area contributed by atoms with Crippen molar-refractivity contribution in [3.8, 4) is 11.1 Å². The highest BCUT2D eigenvalue weighted by Crippen LogP contribution is 2.34. The number of amides is 2. The summed E-state index contributed by atoms with van der Waals surface area (Å²) in [6.07, 6.45) is -3.46. The molecule has 3 aromatic carbocycles. The van der Waals surface area contributed by atoms with E-state index in [9.17, 15) is 32.4 Å². The van der Waals surface area contributed by atoms with E-state index in [0.717, 1.165) is 29.7 Å². The van der Waals surface area contributed by atoms with Gasteiger partial charge in [0.25, 0.3) is 5.91 Å². The van der Waals surface area contributed by atoms with Crippen LogP contribution in [-0.4, -0.2) is 33.6 Å². The zero-order valence-electron chi connectivity index (χ0n) is 25.2. The Bertz CT molecular complexity index is 1990. The third-order valence-corrected chi connectivity index (χ3v) is 7.85. The molecule has 4 aromatic rings. The maximum absolute atomic E-state index is 14.6. The number of anilines is 1. The molecular weight excluding hydrogens is 654 g/mol. The monoisotopic (exact) mass is 683 g/mol. The minimum Gasteiger partial charge on any atom is -0.427 e. The van der Waals surface area contributed by atoms with Gasteiger partial charge in [-0.2, -0.15) is 17.9 Å². The van der Waals surface area contributed by atoms with Crippen molar-refractivity contribution < 1.29 is 32.4 Å². The fourth-order valence-electron chi connectivity index (χ4n) is 5.00. The number of aromatic nitrogens is 1. The van der Waals surface area contributed by atoms with Crippen molar-refractivity contribution in [1.82, 2.24) is 15.4 Å². The van der Waals surface area contributed by atoms with E-state index in [1.807, 2.05) is 0 Å². The molecule has 2 amide bonds. The number of rotatable bonds is 10. The van der Waals surface area contributed by atoms with Gasteiger partial charge in [-0.05, 0) is 54.3 Å². The van der Waals surface area contributed by atoms with Crippen molar-refractivity contribution in [3.63, 3.8) is 0 Å². The maximum atomic E-state index is 14.6. The Kier molecular flexibility index (Phi) is 9.75. The fourth-order valence-corrected chi connectivity index (χ4v) is 5.32. The van der Waals surface area contributed by atoms with Crippen LogP contribution in [0.4, 0.5) is 23.2 Å². The second-order valence-corrected chi connectivity index (χ2v) is 11.6. The lowest BCUT2D eigenvalue weighted by atomic mass is 9.98. The first-order valence-electron chi connectivity index (χ1n) is 14.6. The average molecular weight is 684 g/mol. The molecule has 5 rings (SSSR count). The molecule has 0 unspecified atom stereocenters. The molecule has 48 heavy (non-hydrogen) atoms. The molecule has 0 spiro atoms. The summed E-state index contributed by atoms with van der Waals surface area (Å²) >= 11 is 6.71. The number of nitrogens with one attached hydrogen (secondary N) is 3. The summed E-state index contributed by atoms with van der Waals surface area (Å²) in [7, 11) is 0. The van der Waals surface area contributed by atoms with E-state index in [0.29, 0.717) is 0 Å². The van der Waals surface area contributed by atoms with Gasteiger partial charge in [0.15, 0.2) is 5.49 Å². The van der Waals surface area contributed by atoms with Crippen LogP contribution in [0.5, 0.6) is 0 Å². The first kappa shape index (κ1) is 34.0. The molecule has 1 aliphatic carbocycles. The molecule has 0 aliphatic heterocycles. The van der Waals surface area contributed by atoms with Crippen molar-refractivity contribution in [1.29, 1.82) is 5.41 Å². The number of alkyl halides is 3. The molecular formula is C33H30ClF4N7O3. The summed E-state index contributed by atoms with van der Waals surface area (Å²) < 4.78 is 55.7. The van der Waals surface area contributed by atoms with Crippen LogP contribution in [0, 0.1) is 11.2 Å². The van der Waals surface area contributed by atoms with Gasteiger partial charge in [0, 0.05) is 47.1 Å². The van der Waals surface area contributed by atoms with E-state index in [1.165, 1.54) is 54.6 Å². The van der Waals surface area contributed by atoms with Crippen LogP contribution in [0.2, 0.25) is 5.02 Å². The van der Waals surface area contributed by atoms with Crippen molar-refractivity contribution >= 4 is 34.9 Å². The van der Waals surface area contributed by atoms with Gasteiger partial charge in [0.2, 0.25) is 5.91 Å². The molecule has 1 fully saturated rings. The van der Waals surface area contributed by atoms with Crippen molar-refractivity contribution in [2.24, 2.45) is 10.7 Å². The lowest BCUT2D eigenvalue weighted by Gasteiger charge is -2.17. The quantitative estimate of drug-likeness (QED) is 0.0457. The van der Waals surface area contributed by atoms with Crippen LogP contribution >= 0.6 is 11.6 Å². The molecule has 8 N–H and O–H groups in total. The summed E-state index contributed by atoms with van der Waals surface area (Å²) in [5, 5.41) is 23.8. The number of halogens is 5. The zero-order chi connectivity index (χ0) is 34.7. The molecule has 15 heteroatoms. The molecule has 1 aromatic heterocycles. The van der Waals surface area contributed by atoms with Crippen LogP contribution in [0.3, 0.4) is 0 Å². The van der Waals surface area contributed by atoms with Gasteiger partial charge >= 0.3 is 6.18 Å². The van der Waals surface area contributed by atoms with Gasteiger partial charge in [-0.1, -0.05) is 41.9 Å². The zero-order valence-corrected chi connectivity index (χ0v) is 25.9. The molecule has 1 heterocycles. The molecule has 0 bridgehead atoms. The molecule has 10 nitrogen and oxygen atoms in total. The van der Waals surface area contributed by atoms with Gasteiger partial charge < -0.3 is 27.3 Å². The molecule has 250 valence electrons. The summed E-state index contributed by atoms with van der Waals surface area (Å²) in [6, 6.07) is 14.3. The first-order chi connectivity index (χ1) is 22.7. The second-order valence-electron chi connectivity index (χ2n) is 11.2. The number of amidine groups is 1. The van der Waals surface area contributed by atoms with E-state index < -0.39 is 42.3 Å². The summed E-state index contributed by atoms with van der Waals surface area (Å²) in [4.78, 5) is 30.8. The van der Waals surface area contributed by atoms with Crippen LogP contribution < -0.4 is 27.6 Å². The van der Waals surface area contributed by atoms with E-state index in [1.54, 1.807) is 0 Å². The van der Waals surface area contributed by atoms with Crippen molar-refractivity contribution in [2.45, 2.75) is 44.6 Å². The summed E-state index contributed by atoms with van der Waals surface area (Å²) in [5.41, 5.74) is 11.4. The Morgan fingerprint density at radius 3 is 2.38 bits per heavy atom. The molecule has 0 atom stereocenters. The third kappa shape index (κ3) is 7.94. The molecule has 1 saturated carbocycles. The molecule has 0 radical (unpaired) electrons. The number of pyridine rings is 1. The van der Waals surface area contributed by atoms with E-state index in [-0.39, 0.29) is 73.7 Å². The minimum atomic E-state index is -4.61. The highest BCUT2D eigenvalue weighted by atomic mass is 35.5. The normalized spacial score (nSPS) is 13.3. The number of benzene rings is 3. The Morgan fingerprint density at radius 2 is 1.71 bits per heavy atom. The Labute approximate surface area is 276 Å². The van der Waals surface area contributed by atoms with Gasteiger partial charge in [-0.25, -0.2) is 4.39 Å². The van der Waals surface area contributed by atoms with Crippen molar-refractivity contribution in [3.05, 3.63) is 117 Å². The van der Waals surface area contributed by atoms with Crippen LogP contribution in [0.1, 0.15) is 51.1 Å². The van der Waals surface area contributed by atoms with Crippen LogP contribution in [0.15, 0.2) is 71.7 Å². The lowest BCUT2D eigenvalue weighted by Crippen LogP contribution is -2.30. The van der Waals surface area contributed by atoms with Gasteiger partial charge in [-0.15, -0.1) is 0 Å². The number of hydrogen-bond donors (Lipinski definition) is 6. The van der Waals surface area contributed by atoms with Gasteiger partial charge in [-0.3, -0.25) is 20.0 Å². The maximum Gasteiger partial charge on any atom is 0.416 e. The van der Waals surface area contributed by atoms with E-state index in [2.05, 4.69) is 15.6 Å². The standard InChI is InChI=1S/C33H30ClF4N7O3/c34-25-13-28(44-23-7-8-23)45(48)27(14-29(46)42-16-19-6-5-17(31(40)41)12-26(19)35)30(25)20-9-21(11-22(39)10-20)32(47)43-15-18-3-1-2-4-24(18)33(36,37)38/h1-6,9-13,23,48H,7-8,14-16,39H2,(H3,40,41)(H,42,46)(H,43,47). The van der Waals surface area contributed by atoms with Gasteiger partial charge in [0.1, 0.15) is 11.7 Å². The number of nitrogen functional groups attached to an aromatic ring is 2. The summed E-state index contributed by atoms with van der Waals surface area (Å²) in [6.45, 7) is -0.638. The number of hydrogen-bond acceptors (Lipinski definition) is 6. The Morgan fingerprint density at radius 1 is 1.00 bits per heavy atom. The highest BCUT2D eigenvalue weighted by molar-refractivity contribution is 6.33. The third-order valence-electron chi connectivity index (χ3n) is 7.55. The fraction of sp³-hybridized carbons (Fsp3) is 0.212. The summed E-state index contributed by atoms with van der Waals surface area (Å²) in [5.74, 6) is -2.35. The van der Waals surface area contributed by atoms with Gasteiger partial charge in [0.05, 0.1) is 28.7 Å². The molecule has 0 saturated heterocycles. The minimum absolute atomic E-state index is 0.0112. The topological polar surface area (TPSA) is 172 Å². The van der Waals surface area contributed by atoms with E-state index in [4.69, 9.17) is 28.5 Å². The average Bonchev–Trinajstić information content (AvgIpc) is 3.85. The lowest BCUT2D eigenvalue weighted by molar-refractivity contribution is -0.138. The largest absolute Gasteiger partial charge is 0.427 e. The SMILES string of the molecule is N=C(N)c1ccc(CNC(=O)Cc2c(-c3cc(N)cc(C(=O)NCc4ccccc4C(F)(F)F)c3)c(Cl)cc(=NC3CC3)n2O)c(F)c1. The predicted molar refractivity (Wildman–Crippen MR) is 171 cm³/mol. The van der Waals surface area contributed by atoms with Crippen LogP contribution in [0.25, 0.3) is 11.1 Å². The molecule has 1 aliphatic rings. The number of carbonyl (C=O) groups excluding carboxylic acids is 2. The first-order valence-corrected chi connectivity index (χ1v) is 15.0. The highest BCUT2D eigenvalue weighted by Gasteiger charge is 2.33. The number of nitrogens with zero attached hydrogens (tertiary/aromatic N) is 2. The number of carbonyl (C=O) groups is 2. The van der Waals surface area contributed by atoms with Crippen molar-refractivity contribution in [2.75, 3.05) is 5.73 Å². The Hall–Kier alpha value is -5.37. The van der Waals surface area contributed by atoms with Crippen LogP contribution in [-0.2, 0) is 30.5 Å². The van der Waals surface area contributed by atoms with E-state index >= 15 is 0 Å². The predicted octanol–water partition coefficient (Wildman–Crippen LogP) is 4.92. The smallest absolute Gasteiger partial charge is 0.416 e. The number of nitrogens with two attached hydrogens (primary N) is 2. The Balaban J connectivity index is 1.45.